The van der Waals surface area contributed by atoms with E-state index >= 15 is 0 Å². The fourth-order valence-electron chi connectivity index (χ4n) is 3.99. The lowest BCUT2D eigenvalue weighted by Gasteiger charge is -2.44. The Hall–Kier alpha value is -1.91. The monoisotopic (exact) mass is 383 g/mol. The third-order valence-electron chi connectivity index (χ3n) is 5.49. The molecule has 1 aliphatic carbocycles. The number of nitrogens with zero attached hydrogens (tertiary/aromatic N) is 2. The quantitative estimate of drug-likeness (QED) is 0.654. The van der Waals surface area contributed by atoms with Crippen LogP contribution in [0.2, 0.25) is 5.02 Å². The minimum atomic E-state index is -0.190. The fraction of sp³-hybridized carbons (Fsp3) is 0.333. The summed E-state index contributed by atoms with van der Waals surface area (Å²) in [5, 5.41) is 4.91. The van der Waals surface area contributed by atoms with Crippen molar-refractivity contribution in [3.8, 4) is 0 Å². The molecule has 2 aromatic carbocycles. The van der Waals surface area contributed by atoms with Crippen molar-refractivity contribution in [1.29, 1.82) is 0 Å². The predicted molar refractivity (Wildman–Crippen MR) is 114 cm³/mol. The summed E-state index contributed by atoms with van der Waals surface area (Å²) in [6.45, 7) is 2.33. The molecule has 0 amide bonds. The highest BCUT2D eigenvalue weighted by Gasteiger charge is 2.50. The molecule has 26 heavy (non-hydrogen) atoms. The average molecular weight is 384 g/mol. The molecule has 0 saturated heterocycles. The van der Waals surface area contributed by atoms with E-state index in [0.29, 0.717) is 5.11 Å². The number of thiocarbonyl (C=S) groups is 1. The molecule has 5 heteroatoms. The van der Waals surface area contributed by atoms with E-state index in [9.17, 15) is 0 Å². The van der Waals surface area contributed by atoms with E-state index in [1.54, 1.807) is 0 Å². The summed E-state index contributed by atoms with van der Waals surface area (Å²) in [6.07, 6.45) is 4.44. The SMILES string of the molecule is CC1CCC2(CC1)C(Nc1ccc(Cl)cc1)=NC(=S)N2c1ccccc1. The summed E-state index contributed by atoms with van der Waals surface area (Å²) in [5.41, 5.74) is 1.91. The summed E-state index contributed by atoms with van der Waals surface area (Å²) < 4.78 is 0. The molecule has 1 heterocycles. The molecule has 0 bridgehead atoms. The lowest BCUT2D eigenvalue weighted by molar-refractivity contribution is 0.311. The Morgan fingerprint density at radius 1 is 1.08 bits per heavy atom. The van der Waals surface area contributed by atoms with Gasteiger partial charge in [-0.05, 0) is 80.2 Å². The predicted octanol–water partition coefficient (Wildman–Crippen LogP) is 5.90. The van der Waals surface area contributed by atoms with E-state index in [1.807, 2.05) is 30.3 Å². The molecule has 3 nitrogen and oxygen atoms in total. The summed E-state index contributed by atoms with van der Waals surface area (Å²) in [4.78, 5) is 7.05. The molecule has 1 fully saturated rings. The smallest absolute Gasteiger partial charge is 0.202 e. The zero-order valence-corrected chi connectivity index (χ0v) is 16.4. The number of para-hydroxylation sites is 1. The third-order valence-corrected chi connectivity index (χ3v) is 6.02. The zero-order valence-electron chi connectivity index (χ0n) is 14.8. The van der Waals surface area contributed by atoms with E-state index in [2.05, 4.69) is 41.4 Å². The maximum Gasteiger partial charge on any atom is 0.202 e. The van der Waals surface area contributed by atoms with Crippen LogP contribution in [0.5, 0.6) is 0 Å². The van der Waals surface area contributed by atoms with Gasteiger partial charge in [-0.25, -0.2) is 4.99 Å². The van der Waals surface area contributed by atoms with Gasteiger partial charge in [0, 0.05) is 16.4 Å². The van der Waals surface area contributed by atoms with Gasteiger partial charge in [-0.3, -0.25) is 0 Å². The standard InChI is InChI=1S/C21H22ClN3S/c1-15-11-13-21(14-12-15)19(23-17-9-7-16(22)8-10-17)24-20(26)25(21)18-5-3-2-4-6-18/h2-10,15H,11-14H2,1H3,(H,23,24,26). The number of anilines is 2. The highest BCUT2D eigenvalue weighted by Crippen LogP contribution is 2.43. The van der Waals surface area contributed by atoms with E-state index in [0.717, 1.165) is 41.0 Å². The van der Waals surface area contributed by atoms with Crippen LogP contribution in [-0.4, -0.2) is 16.5 Å². The zero-order chi connectivity index (χ0) is 18.1. The Bertz CT molecular complexity index is 824. The minimum Gasteiger partial charge on any atom is -0.342 e. The Kier molecular flexibility index (Phi) is 4.72. The van der Waals surface area contributed by atoms with Crippen molar-refractivity contribution in [3.63, 3.8) is 0 Å². The number of rotatable bonds is 2. The molecule has 4 rings (SSSR count). The van der Waals surface area contributed by atoms with E-state index in [-0.39, 0.29) is 5.54 Å². The lowest BCUT2D eigenvalue weighted by Crippen LogP contribution is -2.55. The molecule has 2 aromatic rings. The molecule has 0 unspecified atom stereocenters. The number of amidine groups is 1. The van der Waals surface area contributed by atoms with Crippen LogP contribution in [0.15, 0.2) is 59.6 Å². The first-order valence-electron chi connectivity index (χ1n) is 9.09. The number of aliphatic imine (C=N–C) groups is 1. The van der Waals surface area contributed by atoms with Gasteiger partial charge in [0.05, 0.1) is 0 Å². The van der Waals surface area contributed by atoms with Crippen molar-refractivity contribution in [2.45, 2.75) is 38.1 Å². The first-order chi connectivity index (χ1) is 12.6. The van der Waals surface area contributed by atoms with E-state index in [1.165, 1.54) is 12.8 Å². The largest absolute Gasteiger partial charge is 0.342 e. The molecule has 0 atom stereocenters. The summed E-state index contributed by atoms with van der Waals surface area (Å²) >= 11 is 11.7. The molecule has 134 valence electrons. The van der Waals surface area contributed by atoms with Crippen LogP contribution < -0.4 is 10.2 Å². The van der Waals surface area contributed by atoms with Gasteiger partial charge in [0.15, 0.2) is 0 Å². The van der Waals surface area contributed by atoms with Crippen LogP contribution in [-0.2, 0) is 0 Å². The number of hydrogen-bond donors (Lipinski definition) is 1. The molecular weight excluding hydrogens is 362 g/mol. The number of halogens is 1. The van der Waals surface area contributed by atoms with Crippen LogP contribution in [0.25, 0.3) is 0 Å². The van der Waals surface area contributed by atoms with Gasteiger partial charge >= 0.3 is 0 Å². The second kappa shape index (κ2) is 7.01. The van der Waals surface area contributed by atoms with Crippen molar-refractivity contribution in [2.24, 2.45) is 10.9 Å². The van der Waals surface area contributed by atoms with Gasteiger partial charge in [0.2, 0.25) is 5.11 Å². The van der Waals surface area contributed by atoms with Gasteiger partial charge in [-0.15, -0.1) is 0 Å². The Morgan fingerprint density at radius 2 is 1.73 bits per heavy atom. The second-order valence-electron chi connectivity index (χ2n) is 7.26. The minimum absolute atomic E-state index is 0.190. The highest BCUT2D eigenvalue weighted by atomic mass is 35.5. The van der Waals surface area contributed by atoms with Crippen molar-refractivity contribution < 1.29 is 0 Å². The number of hydrogen-bond acceptors (Lipinski definition) is 2. The molecule has 1 saturated carbocycles. The number of nitrogens with one attached hydrogen (secondary N) is 1. The van der Waals surface area contributed by atoms with Gasteiger partial charge in [-0.2, -0.15) is 0 Å². The third kappa shape index (κ3) is 3.12. The maximum atomic E-state index is 6.03. The lowest BCUT2D eigenvalue weighted by atomic mass is 9.75. The van der Waals surface area contributed by atoms with Crippen LogP contribution in [0.1, 0.15) is 32.6 Å². The Labute approximate surface area is 165 Å². The molecular formula is C21H22ClN3S. The summed E-state index contributed by atoms with van der Waals surface area (Å²) in [6, 6.07) is 18.1. The molecule has 0 radical (unpaired) electrons. The number of benzene rings is 2. The topological polar surface area (TPSA) is 27.6 Å². The molecule has 1 aliphatic heterocycles. The maximum absolute atomic E-state index is 6.03. The normalized spacial score (nSPS) is 25.5. The van der Waals surface area contributed by atoms with Gasteiger partial charge < -0.3 is 10.2 Å². The fourth-order valence-corrected chi connectivity index (χ4v) is 4.49. The van der Waals surface area contributed by atoms with Gasteiger partial charge in [-0.1, -0.05) is 36.7 Å². The average Bonchev–Trinajstić information content (AvgIpc) is 2.91. The van der Waals surface area contributed by atoms with Gasteiger partial charge in [0.25, 0.3) is 0 Å². The van der Waals surface area contributed by atoms with E-state index < -0.39 is 0 Å². The van der Waals surface area contributed by atoms with E-state index in [4.69, 9.17) is 28.8 Å². The molecule has 1 N–H and O–H groups in total. The first kappa shape index (κ1) is 17.5. The van der Waals surface area contributed by atoms with Gasteiger partial charge in [0.1, 0.15) is 11.4 Å². The highest BCUT2D eigenvalue weighted by molar-refractivity contribution is 7.80. The van der Waals surface area contributed by atoms with Crippen LogP contribution in [0, 0.1) is 5.92 Å². The molecule has 0 aromatic heterocycles. The Balaban J connectivity index is 1.71. The summed E-state index contributed by atoms with van der Waals surface area (Å²) in [7, 11) is 0. The van der Waals surface area contributed by atoms with Crippen molar-refractivity contribution >= 4 is 46.1 Å². The van der Waals surface area contributed by atoms with Crippen LogP contribution in [0.3, 0.4) is 0 Å². The van der Waals surface area contributed by atoms with Crippen LogP contribution in [0.4, 0.5) is 11.4 Å². The Morgan fingerprint density at radius 3 is 2.38 bits per heavy atom. The van der Waals surface area contributed by atoms with Crippen molar-refractivity contribution in [3.05, 3.63) is 59.6 Å². The summed E-state index contributed by atoms with van der Waals surface area (Å²) in [5.74, 6) is 1.70. The van der Waals surface area contributed by atoms with Crippen LogP contribution >= 0.6 is 23.8 Å². The first-order valence-corrected chi connectivity index (χ1v) is 9.88. The second-order valence-corrected chi connectivity index (χ2v) is 8.06. The van der Waals surface area contributed by atoms with Crippen molar-refractivity contribution in [2.75, 3.05) is 10.2 Å². The van der Waals surface area contributed by atoms with Crippen molar-refractivity contribution in [1.82, 2.24) is 0 Å². The molecule has 2 aliphatic rings. The molecule has 1 spiro atoms.